The van der Waals surface area contributed by atoms with Crippen molar-refractivity contribution in [2.45, 2.75) is 6.43 Å². The van der Waals surface area contributed by atoms with Gasteiger partial charge in [0.25, 0.3) is 6.43 Å². The Labute approximate surface area is 89.6 Å². The Balaban J connectivity index is 3.41. The summed E-state index contributed by atoms with van der Waals surface area (Å²) in [6, 6.07) is 0. The second-order valence-corrected chi connectivity index (χ2v) is 3.78. The van der Waals surface area contributed by atoms with E-state index in [1.807, 2.05) is 0 Å². The van der Waals surface area contributed by atoms with Gasteiger partial charge in [0.15, 0.2) is 6.29 Å². The van der Waals surface area contributed by atoms with Crippen LogP contribution in [-0.4, -0.2) is 11.3 Å². The van der Waals surface area contributed by atoms with Crippen LogP contribution in [0.1, 0.15) is 22.5 Å². The fourth-order valence-corrected chi connectivity index (χ4v) is 1.59. The Morgan fingerprint density at radius 2 is 2.08 bits per heavy atom. The highest BCUT2D eigenvalue weighted by molar-refractivity contribution is 9.13. The third-order valence-corrected chi connectivity index (χ3v) is 3.36. The SMILES string of the molecule is O=Cc1ncc(Br)c(Br)c1C(F)F. The molecule has 0 saturated heterocycles. The number of hydrogen-bond acceptors (Lipinski definition) is 2. The van der Waals surface area contributed by atoms with Gasteiger partial charge in [-0.3, -0.25) is 9.78 Å². The van der Waals surface area contributed by atoms with Gasteiger partial charge in [-0.05, 0) is 31.9 Å². The first-order valence-corrected chi connectivity index (χ1v) is 4.73. The summed E-state index contributed by atoms with van der Waals surface area (Å²) < 4.78 is 25.4. The van der Waals surface area contributed by atoms with Crippen LogP contribution < -0.4 is 0 Å². The molecule has 0 spiro atoms. The molecule has 0 amide bonds. The van der Waals surface area contributed by atoms with Crippen molar-refractivity contribution in [3.63, 3.8) is 0 Å². The molecule has 0 N–H and O–H groups in total. The van der Waals surface area contributed by atoms with Gasteiger partial charge >= 0.3 is 0 Å². The van der Waals surface area contributed by atoms with Crippen molar-refractivity contribution in [1.29, 1.82) is 0 Å². The molecule has 1 rings (SSSR count). The molecule has 1 aromatic rings. The largest absolute Gasteiger partial charge is 0.296 e. The monoisotopic (exact) mass is 313 g/mol. The van der Waals surface area contributed by atoms with E-state index < -0.39 is 6.43 Å². The molecule has 0 saturated carbocycles. The van der Waals surface area contributed by atoms with Crippen molar-refractivity contribution in [3.05, 3.63) is 26.4 Å². The number of pyridine rings is 1. The van der Waals surface area contributed by atoms with Crippen molar-refractivity contribution in [1.82, 2.24) is 4.98 Å². The maximum absolute atomic E-state index is 12.4. The van der Waals surface area contributed by atoms with Crippen molar-refractivity contribution in [2.75, 3.05) is 0 Å². The van der Waals surface area contributed by atoms with E-state index in [0.717, 1.165) is 0 Å². The molecule has 0 aromatic carbocycles. The van der Waals surface area contributed by atoms with E-state index in [0.29, 0.717) is 10.8 Å². The molecule has 0 unspecified atom stereocenters. The summed E-state index contributed by atoms with van der Waals surface area (Å²) in [6.07, 6.45) is -1.13. The summed E-state index contributed by atoms with van der Waals surface area (Å²) in [5.41, 5.74) is -0.630. The number of aldehydes is 1. The zero-order valence-electron chi connectivity index (χ0n) is 6.10. The normalized spacial score (nSPS) is 10.5. The van der Waals surface area contributed by atoms with Crippen LogP contribution in [0.25, 0.3) is 0 Å². The number of alkyl halides is 2. The van der Waals surface area contributed by atoms with Crippen molar-refractivity contribution in [2.24, 2.45) is 0 Å². The zero-order valence-corrected chi connectivity index (χ0v) is 9.27. The van der Waals surface area contributed by atoms with Crippen LogP contribution in [0.2, 0.25) is 0 Å². The van der Waals surface area contributed by atoms with Gasteiger partial charge in [0.1, 0.15) is 5.69 Å². The lowest BCUT2D eigenvalue weighted by molar-refractivity contribution is 0.110. The third-order valence-electron chi connectivity index (χ3n) is 1.37. The standard InChI is InChI=1S/C7H3Br2F2NO/c8-3-1-12-4(2-13)5(6(3)9)7(10)11/h1-2,7H. The lowest BCUT2D eigenvalue weighted by Crippen LogP contribution is -1.98. The minimum Gasteiger partial charge on any atom is -0.296 e. The molecular formula is C7H3Br2F2NO. The van der Waals surface area contributed by atoms with Gasteiger partial charge in [-0.2, -0.15) is 0 Å². The first-order valence-electron chi connectivity index (χ1n) is 3.15. The molecule has 0 fully saturated rings. The van der Waals surface area contributed by atoms with Gasteiger partial charge in [-0.15, -0.1) is 0 Å². The van der Waals surface area contributed by atoms with Gasteiger partial charge < -0.3 is 0 Å². The summed E-state index contributed by atoms with van der Waals surface area (Å²) >= 11 is 5.97. The predicted octanol–water partition coefficient (Wildman–Crippen LogP) is 3.36. The summed E-state index contributed by atoms with van der Waals surface area (Å²) in [6.45, 7) is 0. The average Bonchev–Trinajstić information content (AvgIpc) is 2.08. The Hall–Kier alpha value is -0.360. The highest BCUT2D eigenvalue weighted by Crippen LogP contribution is 2.33. The van der Waals surface area contributed by atoms with Gasteiger partial charge in [0, 0.05) is 10.7 Å². The Morgan fingerprint density at radius 3 is 2.54 bits per heavy atom. The average molecular weight is 315 g/mol. The molecule has 70 valence electrons. The first-order chi connectivity index (χ1) is 6.07. The van der Waals surface area contributed by atoms with Gasteiger partial charge in [0.05, 0.1) is 10.0 Å². The first kappa shape index (κ1) is 10.7. The van der Waals surface area contributed by atoms with E-state index in [9.17, 15) is 13.6 Å². The number of nitrogens with zero attached hydrogens (tertiary/aromatic N) is 1. The fourth-order valence-electron chi connectivity index (χ4n) is 0.795. The van der Waals surface area contributed by atoms with Crippen molar-refractivity contribution < 1.29 is 13.6 Å². The maximum atomic E-state index is 12.4. The van der Waals surface area contributed by atoms with Gasteiger partial charge in [-0.25, -0.2) is 8.78 Å². The lowest BCUT2D eigenvalue weighted by Gasteiger charge is -2.06. The van der Waals surface area contributed by atoms with E-state index in [4.69, 9.17) is 0 Å². The number of carbonyl (C=O) groups excluding carboxylic acids is 1. The van der Waals surface area contributed by atoms with Crippen LogP contribution in [-0.2, 0) is 0 Å². The molecule has 1 aromatic heterocycles. The number of rotatable bonds is 2. The van der Waals surface area contributed by atoms with Gasteiger partial charge in [0.2, 0.25) is 0 Å². The third kappa shape index (κ3) is 2.11. The van der Waals surface area contributed by atoms with Crippen LogP contribution >= 0.6 is 31.9 Å². The molecule has 2 nitrogen and oxygen atoms in total. The zero-order chi connectivity index (χ0) is 10.0. The van der Waals surface area contributed by atoms with Crippen LogP contribution in [0.15, 0.2) is 15.1 Å². The van der Waals surface area contributed by atoms with Crippen LogP contribution in [0.5, 0.6) is 0 Å². The molecule has 13 heavy (non-hydrogen) atoms. The summed E-state index contributed by atoms with van der Waals surface area (Å²) in [7, 11) is 0. The van der Waals surface area contributed by atoms with Crippen LogP contribution in [0, 0.1) is 0 Å². The minimum absolute atomic E-state index is 0.166. The molecule has 0 bridgehead atoms. The topological polar surface area (TPSA) is 30.0 Å². The molecular weight excluding hydrogens is 312 g/mol. The number of hydrogen-bond donors (Lipinski definition) is 0. The Kier molecular flexibility index (Phi) is 3.49. The van der Waals surface area contributed by atoms with E-state index in [1.54, 1.807) is 0 Å². The maximum Gasteiger partial charge on any atom is 0.267 e. The highest BCUT2D eigenvalue weighted by atomic mass is 79.9. The molecule has 0 aliphatic heterocycles. The van der Waals surface area contributed by atoms with Gasteiger partial charge in [-0.1, -0.05) is 0 Å². The van der Waals surface area contributed by atoms with Crippen LogP contribution in [0.4, 0.5) is 8.78 Å². The molecule has 0 radical (unpaired) electrons. The smallest absolute Gasteiger partial charge is 0.267 e. The summed E-state index contributed by atoms with van der Waals surface area (Å²) in [4.78, 5) is 13.9. The minimum atomic E-state index is -2.72. The number of halogens is 4. The lowest BCUT2D eigenvalue weighted by atomic mass is 10.2. The fraction of sp³-hybridized carbons (Fsp3) is 0.143. The van der Waals surface area contributed by atoms with Crippen molar-refractivity contribution >= 4 is 38.1 Å². The molecule has 1 heterocycles. The van der Waals surface area contributed by atoms with E-state index in [2.05, 4.69) is 36.8 Å². The van der Waals surface area contributed by atoms with Crippen molar-refractivity contribution in [3.8, 4) is 0 Å². The molecule has 0 aliphatic rings. The second-order valence-electron chi connectivity index (χ2n) is 2.14. The second kappa shape index (κ2) is 4.23. The summed E-state index contributed by atoms with van der Waals surface area (Å²) in [5, 5.41) is 0. The highest BCUT2D eigenvalue weighted by Gasteiger charge is 2.19. The Morgan fingerprint density at radius 1 is 1.46 bits per heavy atom. The predicted molar refractivity (Wildman–Crippen MR) is 50.0 cm³/mol. The number of carbonyl (C=O) groups is 1. The summed E-state index contributed by atoms with van der Waals surface area (Å²) in [5.74, 6) is 0. The quantitative estimate of drug-likeness (QED) is 0.784. The van der Waals surface area contributed by atoms with E-state index in [1.165, 1.54) is 6.20 Å². The molecule has 0 aliphatic carbocycles. The van der Waals surface area contributed by atoms with E-state index >= 15 is 0 Å². The van der Waals surface area contributed by atoms with Crippen LogP contribution in [0.3, 0.4) is 0 Å². The molecule has 0 atom stereocenters. The molecule has 6 heteroatoms. The number of aromatic nitrogens is 1. The van der Waals surface area contributed by atoms with E-state index in [-0.39, 0.29) is 15.7 Å². The Bertz CT molecular complexity index is 344.